The van der Waals surface area contributed by atoms with E-state index in [2.05, 4.69) is 22.1 Å². The smallest absolute Gasteiger partial charge is 0.234 e. The van der Waals surface area contributed by atoms with Gasteiger partial charge >= 0.3 is 0 Å². The van der Waals surface area contributed by atoms with Gasteiger partial charge in [0.05, 0.1) is 5.75 Å². The van der Waals surface area contributed by atoms with Gasteiger partial charge in [0.1, 0.15) is 12.4 Å². The Morgan fingerprint density at radius 3 is 2.69 bits per heavy atom. The van der Waals surface area contributed by atoms with Crippen LogP contribution in [0.3, 0.4) is 0 Å². The molecular formula is C22H24N4O2S. The molecule has 0 saturated carbocycles. The van der Waals surface area contributed by atoms with Gasteiger partial charge in [0, 0.05) is 12.2 Å². The monoisotopic (exact) mass is 408 g/mol. The van der Waals surface area contributed by atoms with Crippen LogP contribution in [0.2, 0.25) is 0 Å². The van der Waals surface area contributed by atoms with Gasteiger partial charge in [-0.25, -0.2) is 0 Å². The number of hydrogen-bond donors (Lipinski definition) is 1. The molecule has 0 spiro atoms. The van der Waals surface area contributed by atoms with Crippen LogP contribution in [0.15, 0.2) is 66.3 Å². The number of nitrogens with one attached hydrogen (secondary N) is 1. The predicted molar refractivity (Wildman–Crippen MR) is 116 cm³/mol. The van der Waals surface area contributed by atoms with Crippen LogP contribution in [0.4, 0.5) is 5.69 Å². The molecule has 0 atom stereocenters. The SMILES string of the molecule is C=CCn1c(COc2ccc(C)cc2)nnc1SCC(=O)Nc1cccc(C)c1. The van der Waals surface area contributed by atoms with Crippen molar-refractivity contribution in [2.45, 2.75) is 32.2 Å². The molecule has 0 bridgehead atoms. The van der Waals surface area contributed by atoms with Gasteiger partial charge in [0.25, 0.3) is 0 Å². The van der Waals surface area contributed by atoms with E-state index >= 15 is 0 Å². The topological polar surface area (TPSA) is 69.0 Å². The Morgan fingerprint density at radius 1 is 1.17 bits per heavy atom. The van der Waals surface area contributed by atoms with Crippen molar-refractivity contribution in [3.63, 3.8) is 0 Å². The lowest BCUT2D eigenvalue weighted by Gasteiger charge is -2.09. The van der Waals surface area contributed by atoms with E-state index in [1.165, 1.54) is 17.3 Å². The number of thioether (sulfide) groups is 1. The minimum absolute atomic E-state index is 0.0915. The summed E-state index contributed by atoms with van der Waals surface area (Å²) in [6.45, 7) is 8.65. The number of hydrogen-bond acceptors (Lipinski definition) is 5. The molecule has 1 amide bonds. The lowest BCUT2D eigenvalue weighted by atomic mass is 10.2. The Hall–Kier alpha value is -3.06. The lowest BCUT2D eigenvalue weighted by molar-refractivity contribution is -0.113. The molecule has 0 aliphatic heterocycles. The Kier molecular flexibility index (Phi) is 7.08. The number of aryl methyl sites for hydroxylation is 2. The first kappa shape index (κ1) is 20.7. The van der Waals surface area contributed by atoms with Crippen LogP contribution in [0.1, 0.15) is 17.0 Å². The van der Waals surface area contributed by atoms with E-state index in [1.54, 1.807) is 6.08 Å². The summed E-state index contributed by atoms with van der Waals surface area (Å²) >= 11 is 1.34. The van der Waals surface area contributed by atoms with E-state index in [9.17, 15) is 4.79 Å². The summed E-state index contributed by atoms with van der Waals surface area (Å²) in [7, 11) is 0. The number of ether oxygens (including phenoxy) is 1. The summed E-state index contributed by atoms with van der Waals surface area (Å²) < 4.78 is 7.73. The molecule has 0 unspecified atom stereocenters. The van der Waals surface area contributed by atoms with Crippen molar-refractivity contribution < 1.29 is 9.53 Å². The predicted octanol–water partition coefficient (Wildman–Crippen LogP) is 4.39. The average molecular weight is 409 g/mol. The van der Waals surface area contributed by atoms with E-state index in [0.29, 0.717) is 24.1 Å². The second kappa shape index (κ2) is 9.93. The quantitative estimate of drug-likeness (QED) is 0.420. The second-order valence-corrected chi connectivity index (χ2v) is 7.55. The van der Waals surface area contributed by atoms with Gasteiger partial charge in [-0.3, -0.25) is 9.36 Å². The Labute approximate surface area is 175 Å². The minimum atomic E-state index is -0.0915. The maximum Gasteiger partial charge on any atom is 0.234 e. The third-order valence-electron chi connectivity index (χ3n) is 4.13. The molecule has 1 aromatic heterocycles. The first-order valence-electron chi connectivity index (χ1n) is 9.27. The van der Waals surface area contributed by atoms with Crippen LogP contribution >= 0.6 is 11.8 Å². The minimum Gasteiger partial charge on any atom is -0.486 e. The van der Waals surface area contributed by atoms with Crippen molar-refractivity contribution in [1.29, 1.82) is 0 Å². The number of allylic oxidation sites excluding steroid dienone is 1. The molecule has 3 aromatic rings. The van der Waals surface area contributed by atoms with Crippen LogP contribution in [-0.2, 0) is 17.9 Å². The summed E-state index contributed by atoms with van der Waals surface area (Å²) in [4.78, 5) is 12.3. The highest BCUT2D eigenvalue weighted by atomic mass is 32.2. The maximum atomic E-state index is 12.3. The Balaban J connectivity index is 1.60. The summed E-state index contributed by atoms with van der Waals surface area (Å²) in [5.74, 6) is 1.61. The number of carbonyl (C=O) groups is 1. The standard InChI is InChI=1S/C22H24N4O2S/c1-4-12-26-20(14-28-19-10-8-16(2)9-11-19)24-25-22(26)29-15-21(27)23-18-7-5-6-17(3)13-18/h4-11,13H,1,12,14-15H2,2-3H3,(H,23,27). The molecule has 0 aliphatic rings. The molecule has 0 radical (unpaired) electrons. The zero-order valence-electron chi connectivity index (χ0n) is 16.6. The molecule has 7 heteroatoms. The fourth-order valence-corrected chi connectivity index (χ4v) is 3.44. The highest BCUT2D eigenvalue weighted by Crippen LogP contribution is 2.20. The second-order valence-electron chi connectivity index (χ2n) is 6.61. The largest absolute Gasteiger partial charge is 0.486 e. The molecular weight excluding hydrogens is 384 g/mol. The first-order valence-corrected chi connectivity index (χ1v) is 10.3. The molecule has 3 rings (SSSR count). The van der Waals surface area contributed by atoms with E-state index in [1.807, 2.05) is 66.9 Å². The molecule has 0 fully saturated rings. The Morgan fingerprint density at radius 2 is 1.97 bits per heavy atom. The van der Waals surface area contributed by atoms with Gasteiger partial charge < -0.3 is 10.1 Å². The van der Waals surface area contributed by atoms with Gasteiger partial charge in [-0.2, -0.15) is 0 Å². The molecule has 1 heterocycles. The number of amides is 1. The van der Waals surface area contributed by atoms with Crippen LogP contribution in [0.25, 0.3) is 0 Å². The van der Waals surface area contributed by atoms with E-state index in [4.69, 9.17) is 4.74 Å². The van der Waals surface area contributed by atoms with Crippen molar-refractivity contribution >= 4 is 23.4 Å². The number of anilines is 1. The zero-order valence-corrected chi connectivity index (χ0v) is 17.4. The van der Waals surface area contributed by atoms with Crippen molar-refractivity contribution in [1.82, 2.24) is 14.8 Å². The number of aromatic nitrogens is 3. The van der Waals surface area contributed by atoms with Crippen molar-refractivity contribution in [2.75, 3.05) is 11.1 Å². The van der Waals surface area contributed by atoms with E-state index in [-0.39, 0.29) is 11.7 Å². The highest BCUT2D eigenvalue weighted by molar-refractivity contribution is 7.99. The number of carbonyl (C=O) groups excluding carboxylic acids is 1. The molecule has 2 aromatic carbocycles. The van der Waals surface area contributed by atoms with E-state index < -0.39 is 0 Å². The highest BCUT2D eigenvalue weighted by Gasteiger charge is 2.14. The van der Waals surface area contributed by atoms with Crippen LogP contribution in [0, 0.1) is 13.8 Å². The molecule has 150 valence electrons. The normalized spacial score (nSPS) is 10.6. The van der Waals surface area contributed by atoms with Crippen molar-refractivity contribution in [2.24, 2.45) is 0 Å². The summed E-state index contributed by atoms with van der Waals surface area (Å²) in [6.07, 6.45) is 1.77. The molecule has 29 heavy (non-hydrogen) atoms. The third-order valence-corrected chi connectivity index (χ3v) is 5.09. The molecule has 6 nitrogen and oxygen atoms in total. The van der Waals surface area contributed by atoms with Crippen LogP contribution in [0.5, 0.6) is 5.75 Å². The molecule has 1 N–H and O–H groups in total. The summed E-state index contributed by atoms with van der Waals surface area (Å²) in [5, 5.41) is 12.0. The average Bonchev–Trinajstić information content (AvgIpc) is 3.08. The number of nitrogens with zero attached hydrogens (tertiary/aromatic N) is 3. The first-order chi connectivity index (χ1) is 14.0. The van der Waals surface area contributed by atoms with Gasteiger partial charge in [-0.05, 0) is 43.7 Å². The fraction of sp³-hybridized carbons (Fsp3) is 0.227. The van der Waals surface area contributed by atoms with Gasteiger partial charge in [-0.1, -0.05) is 47.7 Å². The van der Waals surface area contributed by atoms with Crippen molar-refractivity contribution in [3.05, 3.63) is 78.1 Å². The van der Waals surface area contributed by atoms with Gasteiger partial charge in [-0.15, -0.1) is 16.8 Å². The van der Waals surface area contributed by atoms with Gasteiger partial charge in [0.15, 0.2) is 11.0 Å². The summed E-state index contributed by atoms with van der Waals surface area (Å²) in [5.41, 5.74) is 3.06. The molecule has 0 saturated heterocycles. The Bertz CT molecular complexity index is 983. The van der Waals surface area contributed by atoms with E-state index in [0.717, 1.165) is 17.0 Å². The zero-order chi connectivity index (χ0) is 20.6. The van der Waals surface area contributed by atoms with Gasteiger partial charge in [0.2, 0.25) is 5.91 Å². The molecule has 0 aliphatic carbocycles. The van der Waals surface area contributed by atoms with Crippen molar-refractivity contribution in [3.8, 4) is 5.75 Å². The van der Waals surface area contributed by atoms with Crippen LogP contribution < -0.4 is 10.1 Å². The fourth-order valence-electron chi connectivity index (χ4n) is 2.68. The third kappa shape index (κ3) is 5.96. The number of benzene rings is 2. The number of rotatable bonds is 9. The van der Waals surface area contributed by atoms with Crippen LogP contribution in [-0.4, -0.2) is 26.4 Å². The summed E-state index contributed by atoms with van der Waals surface area (Å²) in [6, 6.07) is 15.6. The lowest BCUT2D eigenvalue weighted by Crippen LogP contribution is -2.15. The maximum absolute atomic E-state index is 12.3.